The van der Waals surface area contributed by atoms with Crippen LogP contribution in [-0.4, -0.2) is 30.2 Å². The molecule has 5 aliphatic rings. The number of aliphatic hydroxyl groups excluding tert-OH is 1. The van der Waals surface area contributed by atoms with E-state index in [0.29, 0.717) is 16.7 Å². The average molecular weight is 363 g/mol. The van der Waals surface area contributed by atoms with Crippen LogP contribution in [0.15, 0.2) is 0 Å². The lowest BCUT2D eigenvalue weighted by Gasteiger charge is -2.61. The monoisotopic (exact) mass is 362 g/mol. The van der Waals surface area contributed by atoms with Crippen LogP contribution in [0.1, 0.15) is 78.6 Å². The van der Waals surface area contributed by atoms with Gasteiger partial charge in [0.05, 0.1) is 19.3 Å². The first-order chi connectivity index (χ1) is 12.4. The van der Waals surface area contributed by atoms with E-state index in [0.717, 1.165) is 49.7 Å². The van der Waals surface area contributed by atoms with Crippen molar-refractivity contribution in [1.82, 2.24) is 0 Å². The Morgan fingerprint density at radius 2 is 1.46 bits per heavy atom. The van der Waals surface area contributed by atoms with Gasteiger partial charge >= 0.3 is 0 Å². The quantitative estimate of drug-likeness (QED) is 0.730. The molecule has 4 aliphatic carbocycles. The molecule has 1 N–H and O–H groups in total. The summed E-state index contributed by atoms with van der Waals surface area (Å²) in [6.45, 7) is 8.90. The number of hydrogen-bond acceptors (Lipinski definition) is 3. The minimum atomic E-state index is -0.341. The van der Waals surface area contributed by atoms with Crippen LogP contribution in [-0.2, 0) is 9.47 Å². The molecule has 0 amide bonds. The first-order valence-corrected chi connectivity index (χ1v) is 11.3. The van der Waals surface area contributed by atoms with Crippen molar-refractivity contribution < 1.29 is 14.6 Å². The van der Waals surface area contributed by atoms with Crippen LogP contribution in [0.4, 0.5) is 0 Å². The van der Waals surface area contributed by atoms with E-state index < -0.39 is 0 Å². The summed E-state index contributed by atoms with van der Waals surface area (Å²) in [6, 6.07) is 0. The van der Waals surface area contributed by atoms with Gasteiger partial charge in [-0.1, -0.05) is 13.8 Å². The number of hydrogen-bond donors (Lipinski definition) is 1. The molecule has 1 heterocycles. The second-order valence-corrected chi connectivity index (χ2v) is 11.0. The SMILES string of the molecule is CC1([C@H]2CCC3C4CC[C@H]5C[C@@H](O)CC[C@]5(C)C4CC[C@@]32C)OCCO1. The van der Waals surface area contributed by atoms with E-state index in [9.17, 15) is 5.11 Å². The van der Waals surface area contributed by atoms with E-state index in [1.807, 2.05) is 0 Å². The maximum atomic E-state index is 10.2. The van der Waals surface area contributed by atoms with E-state index in [4.69, 9.17) is 9.47 Å². The average Bonchev–Trinajstić information content (AvgIpc) is 3.19. The molecule has 1 saturated heterocycles. The summed E-state index contributed by atoms with van der Waals surface area (Å²) in [5, 5.41) is 10.2. The Hall–Kier alpha value is -0.120. The van der Waals surface area contributed by atoms with E-state index >= 15 is 0 Å². The first kappa shape index (κ1) is 17.9. The Morgan fingerprint density at radius 1 is 0.769 bits per heavy atom. The van der Waals surface area contributed by atoms with Gasteiger partial charge in [0.1, 0.15) is 0 Å². The van der Waals surface area contributed by atoms with Gasteiger partial charge in [-0.3, -0.25) is 0 Å². The number of aliphatic hydroxyl groups is 1. The highest BCUT2D eigenvalue weighted by Crippen LogP contribution is 2.69. The molecule has 3 unspecified atom stereocenters. The summed E-state index contributed by atoms with van der Waals surface area (Å²) < 4.78 is 12.3. The lowest BCUT2D eigenvalue weighted by molar-refractivity contribution is -0.218. The molecule has 0 spiro atoms. The van der Waals surface area contributed by atoms with Crippen molar-refractivity contribution in [3.8, 4) is 0 Å². The van der Waals surface area contributed by atoms with Crippen molar-refractivity contribution in [2.45, 2.75) is 90.4 Å². The molecule has 26 heavy (non-hydrogen) atoms. The molecule has 5 fully saturated rings. The topological polar surface area (TPSA) is 38.7 Å². The van der Waals surface area contributed by atoms with Gasteiger partial charge in [0.25, 0.3) is 0 Å². The van der Waals surface area contributed by atoms with Gasteiger partial charge in [0, 0.05) is 5.92 Å². The lowest BCUT2D eigenvalue weighted by atomic mass is 9.44. The van der Waals surface area contributed by atoms with E-state index in [2.05, 4.69) is 20.8 Å². The van der Waals surface area contributed by atoms with Crippen LogP contribution in [0.25, 0.3) is 0 Å². The molecule has 0 aromatic rings. The lowest BCUT2D eigenvalue weighted by Crippen LogP contribution is -2.55. The maximum Gasteiger partial charge on any atom is 0.169 e. The van der Waals surface area contributed by atoms with Crippen LogP contribution in [0.3, 0.4) is 0 Å². The van der Waals surface area contributed by atoms with Gasteiger partial charge in [0.2, 0.25) is 0 Å². The van der Waals surface area contributed by atoms with Gasteiger partial charge in [0.15, 0.2) is 5.79 Å². The normalized spacial score (nSPS) is 55.8. The fourth-order valence-corrected chi connectivity index (χ4v) is 8.83. The molecule has 0 aromatic heterocycles. The zero-order valence-corrected chi connectivity index (χ0v) is 17.0. The Balaban J connectivity index is 1.41. The number of ether oxygens (including phenoxy) is 2. The van der Waals surface area contributed by atoms with Gasteiger partial charge in [-0.05, 0) is 99.2 Å². The summed E-state index contributed by atoms with van der Waals surface area (Å²) in [5.41, 5.74) is 0.865. The standard InChI is InChI=1S/C23H38O3/c1-21-10-8-16(24)14-15(21)4-5-17-18-6-7-20(23(3)25-12-13-26-23)22(18,2)11-9-19(17)21/h15-20,24H,4-14H2,1-3H3/t15-,16-,17?,18?,19?,20-,21-,22-/m0/s1. The molecular weight excluding hydrogens is 324 g/mol. The molecule has 3 heteroatoms. The number of rotatable bonds is 1. The van der Waals surface area contributed by atoms with Crippen LogP contribution < -0.4 is 0 Å². The Kier molecular flexibility index (Phi) is 4.10. The van der Waals surface area contributed by atoms with Gasteiger partial charge < -0.3 is 14.6 Å². The van der Waals surface area contributed by atoms with Gasteiger partial charge in [-0.25, -0.2) is 0 Å². The number of fused-ring (bicyclic) bond motifs is 5. The van der Waals surface area contributed by atoms with Gasteiger partial charge in [-0.2, -0.15) is 0 Å². The fraction of sp³-hybridized carbons (Fsp3) is 1.00. The van der Waals surface area contributed by atoms with Crippen LogP contribution in [0.5, 0.6) is 0 Å². The van der Waals surface area contributed by atoms with E-state index in [1.165, 1.54) is 44.9 Å². The summed E-state index contributed by atoms with van der Waals surface area (Å²) in [5.74, 6) is 3.59. The molecule has 1 aliphatic heterocycles. The Bertz CT molecular complexity index is 556. The van der Waals surface area contributed by atoms with Crippen LogP contribution in [0, 0.1) is 40.4 Å². The predicted molar refractivity (Wildman–Crippen MR) is 102 cm³/mol. The van der Waals surface area contributed by atoms with Crippen molar-refractivity contribution in [3.63, 3.8) is 0 Å². The molecule has 148 valence electrons. The van der Waals surface area contributed by atoms with E-state index in [1.54, 1.807) is 0 Å². The van der Waals surface area contributed by atoms with Gasteiger partial charge in [-0.15, -0.1) is 0 Å². The first-order valence-electron chi connectivity index (χ1n) is 11.3. The third-order valence-corrected chi connectivity index (χ3v) is 10.1. The molecule has 4 saturated carbocycles. The highest BCUT2D eigenvalue weighted by molar-refractivity contribution is 5.11. The molecule has 5 rings (SSSR count). The molecular formula is C23H38O3. The maximum absolute atomic E-state index is 10.2. The zero-order chi connectivity index (χ0) is 18.2. The Morgan fingerprint density at radius 3 is 2.23 bits per heavy atom. The second kappa shape index (κ2) is 5.94. The smallest absolute Gasteiger partial charge is 0.169 e. The summed E-state index contributed by atoms with van der Waals surface area (Å²) in [6.07, 6.45) is 11.4. The van der Waals surface area contributed by atoms with Crippen molar-refractivity contribution in [2.75, 3.05) is 13.2 Å². The molecule has 0 aromatic carbocycles. The molecule has 8 atom stereocenters. The summed E-state index contributed by atoms with van der Waals surface area (Å²) >= 11 is 0. The highest BCUT2D eigenvalue weighted by atomic mass is 16.7. The minimum Gasteiger partial charge on any atom is -0.393 e. The molecule has 0 bridgehead atoms. The second-order valence-electron chi connectivity index (χ2n) is 11.0. The Labute approximate surface area is 159 Å². The van der Waals surface area contributed by atoms with Crippen LogP contribution in [0.2, 0.25) is 0 Å². The van der Waals surface area contributed by atoms with Crippen molar-refractivity contribution >= 4 is 0 Å². The van der Waals surface area contributed by atoms with Crippen molar-refractivity contribution in [2.24, 2.45) is 40.4 Å². The molecule has 3 nitrogen and oxygen atoms in total. The summed E-state index contributed by atoms with van der Waals surface area (Å²) in [7, 11) is 0. The third-order valence-electron chi connectivity index (χ3n) is 10.1. The third kappa shape index (κ3) is 2.35. The van der Waals surface area contributed by atoms with Crippen molar-refractivity contribution in [3.05, 3.63) is 0 Å². The largest absolute Gasteiger partial charge is 0.393 e. The molecule has 0 radical (unpaired) electrons. The predicted octanol–water partition coefficient (Wildman–Crippen LogP) is 4.77. The van der Waals surface area contributed by atoms with Crippen molar-refractivity contribution in [1.29, 1.82) is 0 Å². The summed E-state index contributed by atoms with van der Waals surface area (Å²) in [4.78, 5) is 0. The fourth-order valence-electron chi connectivity index (χ4n) is 8.83. The zero-order valence-electron chi connectivity index (χ0n) is 17.0. The minimum absolute atomic E-state index is 0.0362. The van der Waals surface area contributed by atoms with E-state index in [-0.39, 0.29) is 11.9 Å². The van der Waals surface area contributed by atoms with Crippen LogP contribution >= 0.6 is 0 Å². The highest BCUT2D eigenvalue weighted by Gasteiger charge is 2.63.